The van der Waals surface area contributed by atoms with E-state index in [0.29, 0.717) is 23.9 Å². The van der Waals surface area contributed by atoms with Crippen LogP contribution in [0.3, 0.4) is 0 Å². The molecule has 9 nitrogen and oxygen atoms in total. The molecule has 1 atom stereocenters. The molecule has 0 bridgehead atoms. The summed E-state index contributed by atoms with van der Waals surface area (Å²) in [5, 5.41) is 30.5. The average Bonchev–Trinajstić information content (AvgIpc) is 3.31. The van der Waals surface area contributed by atoms with E-state index in [1.54, 1.807) is 13.2 Å². The maximum absolute atomic E-state index is 12.0. The van der Waals surface area contributed by atoms with Crippen LogP contribution in [0.4, 0.5) is 0 Å². The molecule has 9 heteroatoms. The fourth-order valence-electron chi connectivity index (χ4n) is 5.09. The summed E-state index contributed by atoms with van der Waals surface area (Å²) in [7, 11) is 1.55. The largest absolute Gasteiger partial charge is 0.480 e. The van der Waals surface area contributed by atoms with E-state index in [2.05, 4.69) is 36.3 Å². The molecule has 0 amide bonds. The van der Waals surface area contributed by atoms with Gasteiger partial charge in [0.1, 0.15) is 12.4 Å². The number of fused-ring (bicyclic) bond motifs is 2. The molecule has 1 heterocycles. The fourth-order valence-corrected chi connectivity index (χ4v) is 5.09. The van der Waals surface area contributed by atoms with Crippen molar-refractivity contribution in [3.8, 4) is 5.75 Å². The van der Waals surface area contributed by atoms with Gasteiger partial charge in [-0.2, -0.15) is 0 Å². The summed E-state index contributed by atoms with van der Waals surface area (Å²) in [4.78, 5) is 23.9. The normalized spacial score (nSPS) is 13.6. The van der Waals surface area contributed by atoms with Crippen LogP contribution < -0.4 is 15.6 Å². The zero-order chi connectivity index (χ0) is 27.8. The van der Waals surface area contributed by atoms with Gasteiger partial charge in [0.05, 0.1) is 11.6 Å². The molecule has 1 aliphatic carbocycles. The maximum Gasteiger partial charge on any atom is 0.329 e. The quantitative estimate of drug-likeness (QED) is 0.254. The molecule has 1 aromatic heterocycles. The summed E-state index contributed by atoms with van der Waals surface area (Å²) in [6.07, 6.45) is 3.37. The number of nitrogens with one attached hydrogen (secondary N) is 2. The van der Waals surface area contributed by atoms with E-state index in [-0.39, 0.29) is 12.4 Å². The molecule has 0 fully saturated rings. The van der Waals surface area contributed by atoms with Crippen molar-refractivity contribution >= 4 is 16.9 Å². The van der Waals surface area contributed by atoms with E-state index in [1.165, 1.54) is 28.3 Å². The van der Waals surface area contributed by atoms with Gasteiger partial charge in [-0.05, 0) is 78.1 Å². The van der Waals surface area contributed by atoms with Crippen molar-refractivity contribution in [2.45, 2.75) is 58.6 Å². The smallest absolute Gasteiger partial charge is 0.329 e. The van der Waals surface area contributed by atoms with Crippen molar-refractivity contribution < 1.29 is 29.6 Å². The number of benzene rings is 2. The van der Waals surface area contributed by atoms with Crippen molar-refractivity contribution in [3.63, 3.8) is 0 Å². The fraction of sp³-hybridized carbons (Fsp3) is 0.448. The lowest BCUT2D eigenvalue weighted by Gasteiger charge is -2.21. The van der Waals surface area contributed by atoms with Crippen LogP contribution in [0.15, 0.2) is 35.1 Å². The van der Waals surface area contributed by atoms with E-state index in [0.717, 1.165) is 42.2 Å². The second-order valence-electron chi connectivity index (χ2n) is 9.45. The number of pyridine rings is 1. The highest BCUT2D eigenvalue weighted by molar-refractivity contribution is 5.89. The molecule has 206 valence electrons. The monoisotopic (exact) mass is 526 g/mol. The Balaban J connectivity index is 0.000000732. The van der Waals surface area contributed by atoms with Crippen molar-refractivity contribution in [2.24, 2.45) is 0 Å². The average molecular weight is 527 g/mol. The zero-order valence-corrected chi connectivity index (χ0v) is 22.5. The van der Waals surface area contributed by atoms with Crippen molar-refractivity contribution in [3.05, 3.63) is 74.1 Å². The van der Waals surface area contributed by atoms with Gasteiger partial charge in [0.15, 0.2) is 6.79 Å². The Kier molecular flexibility index (Phi) is 10.4. The number of H-pyrrole nitrogens is 1. The van der Waals surface area contributed by atoms with Crippen molar-refractivity contribution in [1.29, 1.82) is 0 Å². The zero-order valence-electron chi connectivity index (χ0n) is 22.5. The number of aromatic nitrogens is 1. The predicted molar refractivity (Wildman–Crippen MR) is 146 cm³/mol. The standard InChI is InChI=1S/C27H34N2O4.C2H4O3/c1-5-17-10-19-12-21(13-20(19)11-18(17)6-2)28-14-23(30)26-16(3)9-24(33-15-32-4)27-22(26)7-8-25(31)29-27;3-1-2(4)5/h7-11,21,23,28,30H,5-6,12-15H2,1-4H3,(H,29,31);3H,1H2,(H,4,5). The lowest BCUT2D eigenvalue weighted by molar-refractivity contribution is -0.140. The van der Waals surface area contributed by atoms with E-state index >= 15 is 0 Å². The number of aliphatic hydroxyl groups excluding tert-OH is 2. The number of carboxylic acids is 1. The second-order valence-corrected chi connectivity index (χ2v) is 9.45. The molecule has 4 rings (SSSR count). The SMILES string of the molecule is CCc1cc2c(cc1CC)CC(NCC(O)c1c(C)cc(OCOC)c3[nH]c(=O)ccc13)C2.O=C(O)CO. The number of methoxy groups -OCH3 is 1. The van der Waals surface area contributed by atoms with Gasteiger partial charge in [-0.3, -0.25) is 4.79 Å². The van der Waals surface area contributed by atoms with Gasteiger partial charge in [-0.1, -0.05) is 26.0 Å². The first-order valence-electron chi connectivity index (χ1n) is 12.9. The van der Waals surface area contributed by atoms with Gasteiger partial charge >= 0.3 is 5.97 Å². The van der Waals surface area contributed by atoms with Crippen LogP contribution in [0.25, 0.3) is 10.9 Å². The number of ether oxygens (including phenoxy) is 2. The molecule has 38 heavy (non-hydrogen) atoms. The Morgan fingerprint density at radius 3 is 2.26 bits per heavy atom. The van der Waals surface area contributed by atoms with Crippen LogP contribution >= 0.6 is 0 Å². The molecule has 2 aromatic carbocycles. The molecule has 0 saturated carbocycles. The van der Waals surface area contributed by atoms with Gasteiger partial charge in [0.2, 0.25) is 5.56 Å². The van der Waals surface area contributed by atoms with Crippen LogP contribution in [0.2, 0.25) is 0 Å². The number of rotatable bonds is 10. The third kappa shape index (κ3) is 6.99. The summed E-state index contributed by atoms with van der Waals surface area (Å²) < 4.78 is 10.7. The predicted octanol–water partition coefficient (Wildman–Crippen LogP) is 2.80. The molecule has 0 spiro atoms. The Hall–Kier alpha value is -3.24. The minimum atomic E-state index is -1.19. The molecular formula is C29H38N2O7. The summed E-state index contributed by atoms with van der Waals surface area (Å²) in [6.45, 7) is 6.12. The van der Waals surface area contributed by atoms with Crippen LogP contribution in [-0.4, -0.2) is 59.4 Å². The molecule has 3 aromatic rings. The van der Waals surface area contributed by atoms with Gasteiger partial charge in [-0.15, -0.1) is 0 Å². The Morgan fingerprint density at radius 1 is 1.13 bits per heavy atom. The minimum absolute atomic E-state index is 0.0800. The molecule has 0 aliphatic heterocycles. The summed E-state index contributed by atoms with van der Waals surface area (Å²) in [5.74, 6) is -0.652. The van der Waals surface area contributed by atoms with E-state index in [1.807, 2.05) is 13.0 Å². The Labute approximate surface area is 222 Å². The molecule has 0 saturated heterocycles. The third-order valence-corrected chi connectivity index (χ3v) is 6.84. The lowest BCUT2D eigenvalue weighted by atomic mass is 9.97. The number of carboxylic acid groups (broad SMARTS) is 1. The van der Waals surface area contributed by atoms with E-state index in [4.69, 9.17) is 24.5 Å². The second kappa shape index (κ2) is 13.5. The van der Waals surface area contributed by atoms with Crippen molar-refractivity contribution in [1.82, 2.24) is 10.3 Å². The number of hydrogen-bond donors (Lipinski definition) is 5. The topological polar surface area (TPSA) is 141 Å². The first kappa shape index (κ1) is 29.3. The molecule has 5 N–H and O–H groups in total. The minimum Gasteiger partial charge on any atom is -0.480 e. The Bertz CT molecular complexity index is 1290. The molecule has 0 radical (unpaired) electrons. The Morgan fingerprint density at radius 2 is 1.74 bits per heavy atom. The van der Waals surface area contributed by atoms with E-state index < -0.39 is 18.7 Å². The number of aromatic amines is 1. The molecular weight excluding hydrogens is 488 g/mol. The van der Waals surface area contributed by atoms with Crippen LogP contribution in [0.1, 0.15) is 53.3 Å². The van der Waals surface area contributed by atoms with Gasteiger partial charge in [0, 0.05) is 31.1 Å². The maximum atomic E-state index is 12.0. The molecule has 1 aliphatic rings. The summed E-state index contributed by atoms with van der Waals surface area (Å²) >= 11 is 0. The van der Waals surface area contributed by atoms with Gasteiger partial charge < -0.3 is 35.1 Å². The number of carbonyl (C=O) groups is 1. The highest BCUT2D eigenvalue weighted by Gasteiger charge is 2.24. The van der Waals surface area contributed by atoms with Crippen LogP contribution in [0, 0.1) is 6.92 Å². The number of aliphatic carboxylic acids is 1. The van der Waals surface area contributed by atoms with Gasteiger partial charge in [-0.25, -0.2) is 4.79 Å². The number of hydrogen-bond acceptors (Lipinski definition) is 7. The first-order chi connectivity index (χ1) is 18.2. The van der Waals surface area contributed by atoms with Gasteiger partial charge in [0.25, 0.3) is 0 Å². The summed E-state index contributed by atoms with van der Waals surface area (Å²) in [6, 6.07) is 10.1. The lowest BCUT2D eigenvalue weighted by Crippen LogP contribution is -2.33. The summed E-state index contributed by atoms with van der Waals surface area (Å²) in [5.41, 5.74) is 7.82. The molecule has 1 unspecified atom stereocenters. The van der Waals surface area contributed by atoms with Crippen molar-refractivity contribution in [2.75, 3.05) is 27.1 Å². The highest BCUT2D eigenvalue weighted by atomic mass is 16.7. The van der Waals surface area contributed by atoms with Crippen LogP contribution in [-0.2, 0) is 35.2 Å². The number of aliphatic hydroxyl groups is 2. The number of aryl methyl sites for hydroxylation is 3. The first-order valence-corrected chi connectivity index (χ1v) is 12.9. The third-order valence-electron chi connectivity index (χ3n) is 6.84. The van der Waals surface area contributed by atoms with E-state index in [9.17, 15) is 9.90 Å². The highest BCUT2D eigenvalue weighted by Crippen LogP contribution is 2.33. The van der Waals surface area contributed by atoms with Crippen LogP contribution in [0.5, 0.6) is 5.75 Å².